The van der Waals surface area contributed by atoms with Gasteiger partial charge in [0.05, 0.1) is 0 Å². The summed E-state index contributed by atoms with van der Waals surface area (Å²) >= 11 is 12.4. The van der Waals surface area contributed by atoms with Crippen molar-refractivity contribution in [3.8, 4) is 67.8 Å². The molecule has 58 heavy (non-hydrogen) atoms. The summed E-state index contributed by atoms with van der Waals surface area (Å²) in [7, 11) is 0. The van der Waals surface area contributed by atoms with E-state index in [4.69, 9.17) is 23.2 Å². The van der Waals surface area contributed by atoms with Gasteiger partial charge in [0, 0.05) is 22.3 Å². The van der Waals surface area contributed by atoms with E-state index in [1.807, 2.05) is 84.9 Å². The van der Waals surface area contributed by atoms with E-state index in [-0.39, 0.29) is 10.6 Å². The van der Waals surface area contributed by atoms with E-state index in [1.165, 1.54) is 32.7 Å². The lowest BCUT2D eigenvalue weighted by atomic mass is 9.97. The molecule has 0 amide bonds. The highest BCUT2D eigenvalue weighted by Crippen LogP contribution is 2.32. The molecule has 6 nitrogen and oxygen atoms in total. The van der Waals surface area contributed by atoms with Crippen LogP contribution in [0.4, 0.5) is 0 Å². The van der Waals surface area contributed by atoms with Gasteiger partial charge in [0.1, 0.15) is 0 Å². The molecule has 0 radical (unpaired) electrons. The van der Waals surface area contributed by atoms with Crippen LogP contribution in [0, 0.1) is 0 Å². The Hall–Kier alpha value is -7.12. The summed E-state index contributed by atoms with van der Waals surface area (Å²) in [6, 6.07) is 65.6. The van der Waals surface area contributed by atoms with Crippen LogP contribution in [-0.2, 0) is 0 Å². The van der Waals surface area contributed by atoms with Gasteiger partial charge in [0.2, 0.25) is 10.6 Å². The van der Waals surface area contributed by atoms with E-state index in [1.54, 1.807) is 0 Å². The molecule has 10 aromatic rings. The third-order valence-corrected chi connectivity index (χ3v) is 10.1. The fraction of sp³-hybridized carbons (Fsp3) is 0. The molecule has 8 heteroatoms. The molecule has 0 fully saturated rings. The third-order valence-electron chi connectivity index (χ3n) is 9.77. The number of rotatable bonds is 6. The van der Waals surface area contributed by atoms with Crippen molar-refractivity contribution < 1.29 is 0 Å². The maximum Gasteiger partial charge on any atom is 0.226 e. The van der Waals surface area contributed by atoms with Gasteiger partial charge >= 0.3 is 0 Å². The standard InChI is InChI=1S/2C25H16ClN3/c2*26-25-28-23(19-8-2-1-3-9-19)27-24(29-25)20-15-13-18(14-16-20)22-12-6-10-17-7-4-5-11-21(17)22/h2*1-16H. The molecule has 0 aliphatic rings. The van der Waals surface area contributed by atoms with Crippen LogP contribution in [0.1, 0.15) is 0 Å². The average molecular weight is 788 g/mol. The molecule has 0 saturated heterocycles. The Labute approximate surface area is 345 Å². The van der Waals surface area contributed by atoms with Gasteiger partial charge in [0.25, 0.3) is 0 Å². The zero-order valence-corrected chi connectivity index (χ0v) is 32.4. The minimum absolute atomic E-state index is 0.187. The Morgan fingerprint density at radius 3 is 0.914 bits per heavy atom. The summed E-state index contributed by atoms with van der Waals surface area (Å²) in [5.74, 6) is 2.26. The van der Waals surface area contributed by atoms with Crippen LogP contribution in [0.3, 0.4) is 0 Å². The molecule has 10 rings (SSSR count). The van der Waals surface area contributed by atoms with Crippen LogP contribution in [-0.4, -0.2) is 29.9 Å². The van der Waals surface area contributed by atoms with Gasteiger partial charge in [-0.05, 0) is 67.0 Å². The Bertz CT molecular complexity index is 2800. The highest BCUT2D eigenvalue weighted by Gasteiger charge is 2.12. The van der Waals surface area contributed by atoms with Gasteiger partial charge < -0.3 is 0 Å². The van der Waals surface area contributed by atoms with Crippen molar-refractivity contribution in [2.24, 2.45) is 0 Å². The summed E-state index contributed by atoms with van der Waals surface area (Å²) in [6.45, 7) is 0. The molecule has 0 spiro atoms. The summed E-state index contributed by atoms with van der Waals surface area (Å²) < 4.78 is 0. The lowest BCUT2D eigenvalue weighted by molar-refractivity contribution is 1.07. The predicted molar refractivity (Wildman–Crippen MR) is 237 cm³/mol. The van der Waals surface area contributed by atoms with E-state index in [9.17, 15) is 0 Å². The molecule has 0 atom stereocenters. The van der Waals surface area contributed by atoms with Gasteiger partial charge in [-0.25, -0.2) is 9.97 Å². The largest absolute Gasteiger partial charge is 0.226 e. The fourth-order valence-corrected chi connectivity index (χ4v) is 7.26. The normalized spacial score (nSPS) is 10.9. The van der Waals surface area contributed by atoms with Crippen molar-refractivity contribution >= 4 is 44.7 Å². The number of nitrogens with zero attached hydrogens (tertiary/aromatic N) is 6. The molecule has 0 saturated carbocycles. The summed E-state index contributed by atoms with van der Waals surface area (Å²) in [5, 5.41) is 5.30. The lowest BCUT2D eigenvalue weighted by Gasteiger charge is -2.08. The molecule has 0 bridgehead atoms. The average Bonchev–Trinajstić information content (AvgIpc) is 3.29. The monoisotopic (exact) mass is 786 g/mol. The smallest absolute Gasteiger partial charge is 0.208 e. The molecule has 8 aromatic carbocycles. The quantitative estimate of drug-likeness (QED) is 0.167. The molecule has 0 unspecified atom stereocenters. The Kier molecular flexibility index (Phi) is 10.4. The number of hydrogen-bond donors (Lipinski definition) is 0. The zero-order chi connectivity index (χ0) is 39.3. The maximum atomic E-state index is 6.18. The lowest BCUT2D eigenvalue weighted by Crippen LogP contribution is -1.97. The van der Waals surface area contributed by atoms with Gasteiger partial charge in [-0.3, -0.25) is 0 Å². The van der Waals surface area contributed by atoms with E-state index in [0.29, 0.717) is 23.3 Å². The van der Waals surface area contributed by atoms with Gasteiger partial charge in [-0.1, -0.05) is 194 Å². The third kappa shape index (κ3) is 7.93. The minimum atomic E-state index is 0.187. The topological polar surface area (TPSA) is 77.3 Å². The van der Waals surface area contributed by atoms with Crippen LogP contribution in [0.25, 0.3) is 89.4 Å². The molecule has 0 N–H and O–H groups in total. The first kappa shape index (κ1) is 36.5. The Morgan fingerprint density at radius 1 is 0.241 bits per heavy atom. The Morgan fingerprint density at radius 2 is 0.534 bits per heavy atom. The maximum absolute atomic E-state index is 6.18. The number of benzene rings is 8. The zero-order valence-electron chi connectivity index (χ0n) is 30.9. The number of hydrogen-bond acceptors (Lipinski definition) is 6. The van der Waals surface area contributed by atoms with Crippen LogP contribution < -0.4 is 0 Å². The summed E-state index contributed by atoms with van der Waals surface area (Å²) in [4.78, 5) is 26.4. The minimum Gasteiger partial charge on any atom is -0.208 e. The molecule has 2 heterocycles. The second-order valence-electron chi connectivity index (χ2n) is 13.4. The van der Waals surface area contributed by atoms with E-state index in [2.05, 4.69) is 139 Å². The number of aromatic nitrogens is 6. The van der Waals surface area contributed by atoms with Crippen LogP contribution in [0.5, 0.6) is 0 Å². The van der Waals surface area contributed by atoms with Crippen molar-refractivity contribution in [1.29, 1.82) is 0 Å². The Balaban J connectivity index is 0.000000150. The molecule has 2 aromatic heterocycles. The predicted octanol–water partition coefficient (Wildman–Crippen LogP) is 13.4. The number of halogens is 2. The van der Waals surface area contributed by atoms with Crippen molar-refractivity contribution in [1.82, 2.24) is 29.9 Å². The second kappa shape index (κ2) is 16.5. The van der Waals surface area contributed by atoms with E-state index < -0.39 is 0 Å². The van der Waals surface area contributed by atoms with Crippen LogP contribution in [0.2, 0.25) is 10.6 Å². The molecule has 0 aliphatic carbocycles. The second-order valence-corrected chi connectivity index (χ2v) is 14.1. The van der Waals surface area contributed by atoms with Crippen molar-refractivity contribution in [2.75, 3.05) is 0 Å². The van der Waals surface area contributed by atoms with E-state index >= 15 is 0 Å². The van der Waals surface area contributed by atoms with Crippen LogP contribution >= 0.6 is 23.2 Å². The summed E-state index contributed by atoms with van der Waals surface area (Å²) in [5.41, 5.74) is 8.31. The van der Waals surface area contributed by atoms with E-state index in [0.717, 1.165) is 33.4 Å². The first-order valence-electron chi connectivity index (χ1n) is 18.7. The molecule has 276 valence electrons. The van der Waals surface area contributed by atoms with Crippen molar-refractivity contribution in [3.63, 3.8) is 0 Å². The number of fused-ring (bicyclic) bond motifs is 2. The van der Waals surface area contributed by atoms with Gasteiger partial charge in [-0.15, -0.1) is 0 Å². The first-order chi connectivity index (χ1) is 28.6. The summed E-state index contributed by atoms with van der Waals surface area (Å²) in [6.07, 6.45) is 0. The highest BCUT2D eigenvalue weighted by atomic mass is 35.5. The SMILES string of the molecule is Clc1nc(-c2ccccc2)nc(-c2ccc(-c3cccc4ccccc34)cc2)n1.Clc1nc(-c2ccccc2)nc(-c2ccc(-c3cccc4ccccc34)cc2)n1. The molecular weight excluding hydrogens is 755 g/mol. The van der Waals surface area contributed by atoms with Gasteiger partial charge in [0.15, 0.2) is 23.3 Å². The van der Waals surface area contributed by atoms with Crippen molar-refractivity contribution in [3.05, 3.63) is 205 Å². The van der Waals surface area contributed by atoms with Crippen LogP contribution in [0.15, 0.2) is 194 Å². The molecular formula is C50H32Cl2N6. The fourth-order valence-electron chi connectivity index (χ4n) is 6.94. The van der Waals surface area contributed by atoms with Gasteiger partial charge in [-0.2, -0.15) is 19.9 Å². The molecule has 0 aliphatic heterocycles. The first-order valence-corrected chi connectivity index (χ1v) is 19.4. The highest BCUT2D eigenvalue weighted by molar-refractivity contribution is 6.28. The van der Waals surface area contributed by atoms with Crippen molar-refractivity contribution in [2.45, 2.75) is 0 Å².